The van der Waals surface area contributed by atoms with Crippen LogP contribution in [0.3, 0.4) is 0 Å². The van der Waals surface area contributed by atoms with Gasteiger partial charge in [0.1, 0.15) is 6.33 Å². The van der Waals surface area contributed by atoms with Crippen molar-refractivity contribution in [2.75, 3.05) is 30.8 Å². The lowest BCUT2D eigenvalue weighted by Gasteiger charge is -2.40. The highest BCUT2D eigenvalue weighted by atomic mass is 32.2. The number of aryl methyl sites for hydroxylation is 1. The van der Waals surface area contributed by atoms with Gasteiger partial charge in [0.05, 0.1) is 5.69 Å². The molecule has 4 nitrogen and oxygen atoms in total. The second-order valence-electron chi connectivity index (χ2n) is 4.67. The number of hydrogen-bond acceptors (Lipinski definition) is 5. The Morgan fingerprint density at radius 1 is 1.44 bits per heavy atom. The summed E-state index contributed by atoms with van der Waals surface area (Å²) in [4.78, 5) is 9.92. The number of hydrogen-bond donors (Lipinski definition) is 1. The van der Waals surface area contributed by atoms with E-state index in [0.29, 0.717) is 18.1 Å². The summed E-state index contributed by atoms with van der Waals surface area (Å²) in [5, 5.41) is 0. The van der Waals surface area contributed by atoms with E-state index in [1.54, 1.807) is 6.92 Å². The summed E-state index contributed by atoms with van der Waals surface area (Å²) in [6.45, 7) is 3.93. The zero-order chi connectivity index (χ0) is 13.2. The van der Waals surface area contributed by atoms with Gasteiger partial charge in [-0.05, 0) is 26.0 Å². The van der Waals surface area contributed by atoms with E-state index in [0.717, 1.165) is 25.9 Å². The van der Waals surface area contributed by atoms with Crippen LogP contribution in [0.2, 0.25) is 0 Å². The van der Waals surface area contributed by atoms with Crippen LogP contribution >= 0.6 is 11.8 Å². The Morgan fingerprint density at radius 2 is 2.11 bits per heavy atom. The number of halogens is 1. The first-order chi connectivity index (χ1) is 8.62. The van der Waals surface area contributed by atoms with Gasteiger partial charge in [0, 0.05) is 24.4 Å². The van der Waals surface area contributed by atoms with Gasteiger partial charge in [-0.15, -0.1) is 0 Å². The number of rotatable bonds is 3. The van der Waals surface area contributed by atoms with E-state index in [4.69, 9.17) is 5.73 Å². The Labute approximate surface area is 111 Å². The van der Waals surface area contributed by atoms with E-state index in [1.807, 2.05) is 16.7 Å². The molecule has 0 atom stereocenters. The Bertz CT molecular complexity index is 413. The summed E-state index contributed by atoms with van der Waals surface area (Å²) in [5.74, 6) is 0.121. The van der Waals surface area contributed by atoms with Crippen molar-refractivity contribution in [1.82, 2.24) is 9.97 Å². The molecule has 1 aliphatic rings. The number of piperidine rings is 1. The van der Waals surface area contributed by atoms with Gasteiger partial charge in [-0.2, -0.15) is 11.8 Å². The number of thioether (sulfide) groups is 1. The molecule has 2 heterocycles. The third kappa shape index (κ3) is 2.44. The van der Waals surface area contributed by atoms with E-state index in [-0.39, 0.29) is 10.6 Å². The summed E-state index contributed by atoms with van der Waals surface area (Å²) >= 11 is 1.82. The molecule has 0 aromatic carbocycles. The molecule has 2 rings (SSSR count). The Kier molecular flexibility index (Phi) is 4.07. The molecule has 1 aromatic heterocycles. The molecule has 1 aromatic rings. The van der Waals surface area contributed by atoms with Gasteiger partial charge < -0.3 is 10.6 Å². The Hall–Kier alpha value is -0.880. The lowest BCUT2D eigenvalue weighted by molar-refractivity contribution is 0.449. The molecular formula is C12H19FN4S. The van der Waals surface area contributed by atoms with Crippen LogP contribution in [0.15, 0.2) is 6.33 Å². The summed E-state index contributed by atoms with van der Waals surface area (Å²) in [7, 11) is 0. The highest BCUT2D eigenvalue weighted by Gasteiger charge is 2.33. The quantitative estimate of drug-likeness (QED) is 0.904. The van der Waals surface area contributed by atoms with Crippen molar-refractivity contribution in [2.24, 2.45) is 5.73 Å². The fourth-order valence-corrected chi connectivity index (χ4v) is 3.04. The maximum atomic E-state index is 13.9. The first-order valence-electron chi connectivity index (χ1n) is 6.09. The van der Waals surface area contributed by atoms with E-state index in [9.17, 15) is 4.39 Å². The van der Waals surface area contributed by atoms with Gasteiger partial charge in [0.15, 0.2) is 11.6 Å². The molecule has 0 saturated carbocycles. The molecule has 1 saturated heterocycles. The third-order valence-corrected chi connectivity index (χ3v) is 5.17. The molecule has 1 aliphatic heterocycles. The lowest BCUT2D eigenvalue weighted by atomic mass is 9.96. The Morgan fingerprint density at radius 3 is 2.67 bits per heavy atom. The minimum atomic E-state index is -0.304. The second-order valence-corrected chi connectivity index (χ2v) is 5.95. The van der Waals surface area contributed by atoms with Crippen LogP contribution in [0.4, 0.5) is 10.2 Å². The smallest absolute Gasteiger partial charge is 0.186 e. The molecular weight excluding hydrogens is 251 g/mol. The molecule has 0 amide bonds. The maximum Gasteiger partial charge on any atom is 0.186 e. The summed E-state index contributed by atoms with van der Waals surface area (Å²) in [6, 6.07) is 0. The fraction of sp³-hybridized carbons (Fsp3) is 0.667. The van der Waals surface area contributed by atoms with Crippen LogP contribution in [0, 0.1) is 12.7 Å². The topological polar surface area (TPSA) is 55.0 Å². The third-order valence-electron chi connectivity index (χ3n) is 3.72. The minimum absolute atomic E-state index is 0.148. The molecule has 0 aliphatic carbocycles. The zero-order valence-electron chi connectivity index (χ0n) is 10.8. The highest BCUT2D eigenvalue weighted by molar-refractivity contribution is 8.00. The summed E-state index contributed by atoms with van der Waals surface area (Å²) < 4.78 is 14.1. The molecule has 18 heavy (non-hydrogen) atoms. The minimum Gasteiger partial charge on any atom is -0.354 e. The maximum absolute atomic E-state index is 13.9. The van der Waals surface area contributed by atoms with Gasteiger partial charge in [0.2, 0.25) is 0 Å². The van der Waals surface area contributed by atoms with Gasteiger partial charge in [-0.1, -0.05) is 0 Å². The molecule has 0 bridgehead atoms. The van der Waals surface area contributed by atoms with Crippen LogP contribution in [-0.2, 0) is 0 Å². The van der Waals surface area contributed by atoms with Crippen molar-refractivity contribution in [2.45, 2.75) is 24.5 Å². The predicted molar refractivity (Wildman–Crippen MR) is 73.5 cm³/mol. The zero-order valence-corrected chi connectivity index (χ0v) is 11.6. The first kappa shape index (κ1) is 13.5. The van der Waals surface area contributed by atoms with Gasteiger partial charge >= 0.3 is 0 Å². The highest BCUT2D eigenvalue weighted by Crippen LogP contribution is 2.35. The molecule has 0 unspecified atom stereocenters. The van der Waals surface area contributed by atoms with Gasteiger partial charge in [-0.25, -0.2) is 14.4 Å². The SMILES string of the molecule is CSC1(CN)CCN(c2ncnc(C)c2F)CC1. The molecule has 6 heteroatoms. The first-order valence-corrected chi connectivity index (χ1v) is 7.31. The lowest BCUT2D eigenvalue weighted by Crippen LogP contribution is -2.47. The molecule has 100 valence electrons. The van der Waals surface area contributed by atoms with Crippen molar-refractivity contribution >= 4 is 17.6 Å². The van der Waals surface area contributed by atoms with E-state index in [2.05, 4.69) is 16.2 Å². The van der Waals surface area contributed by atoms with E-state index in [1.165, 1.54) is 6.33 Å². The monoisotopic (exact) mass is 270 g/mol. The van der Waals surface area contributed by atoms with E-state index >= 15 is 0 Å². The largest absolute Gasteiger partial charge is 0.354 e. The molecule has 0 spiro atoms. The summed E-state index contributed by atoms with van der Waals surface area (Å²) in [6.07, 6.45) is 5.45. The van der Waals surface area contributed by atoms with Crippen LogP contribution in [0.1, 0.15) is 18.5 Å². The van der Waals surface area contributed by atoms with Crippen LogP contribution in [0.25, 0.3) is 0 Å². The van der Waals surface area contributed by atoms with Crippen LogP contribution in [0.5, 0.6) is 0 Å². The summed E-state index contributed by atoms with van der Waals surface area (Å²) in [5.41, 5.74) is 6.25. The number of nitrogens with two attached hydrogens (primary N) is 1. The fourth-order valence-electron chi connectivity index (χ4n) is 2.28. The van der Waals surface area contributed by atoms with Gasteiger partial charge in [0.25, 0.3) is 0 Å². The van der Waals surface area contributed by atoms with Crippen molar-refractivity contribution in [3.8, 4) is 0 Å². The van der Waals surface area contributed by atoms with Crippen LogP contribution < -0.4 is 10.6 Å². The molecule has 1 fully saturated rings. The van der Waals surface area contributed by atoms with Crippen molar-refractivity contribution < 1.29 is 4.39 Å². The predicted octanol–water partition coefficient (Wildman–Crippen LogP) is 1.58. The average Bonchev–Trinajstić information content (AvgIpc) is 2.42. The van der Waals surface area contributed by atoms with Crippen LogP contribution in [-0.4, -0.2) is 40.6 Å². The second kappa shape index (κ2) is 5.40. The molecule has 2 N–H and O–H groups in total. The normalized spacial score (nSPS) is 19.0. The van der Waals surface area contributed by atoms with Crippen molar-refractivity contribution in [3.05, 3.63) is 17.8 Å². The number of nitrogens with zero attached hydrogens (tertiary/aromatic N) is 3. The standard InChI is InChI=1S/C12H19FN4S/c1-9-10(13)11(16-8-15-9)17-5-3-12(7-14,18-2)4-6-17/h8H,3-7,14H2,1-2H3. The molecule has 0 radical (unpaired) electrons. The number of anilines is 1. The van der Waals surface area contributed by atoms with E-state index < -0.39 is 0 Å². The number of aromatic nitrogens is 2. The van der Waals surface area contributed by atoms with Crippen molar-refractivity contribution in [3.63, 3.8) is 0 Å². The van der Waals surface area contributed by atoms with Gasteiger partial charge in [-0.3, -0.25) is 0 Å². The van der Waals surface area contributed by atoms with Crippen molar-refractivity contribution in [1.29, 1.82) is 0 Å². The Balaban J connectivity index is 2.12. The average molecular weight is 270 g/mol.